The maximum absolute atomic E-state index is 5.31. The molecule has 0 amide bonds. The number of nitrogens with zero attached hydrogens (tertiary/aromatic N) is 6. The first-order chi connectivity index (χ1) is 22.4. The van der Waals surface area contributed by atoms with Crippen LogP contribution in [0.15, 0.2) is 139 Å². The Labute approximate surface area is 269 Å². The lowest BCUT2D eigenvalue weighted by Gasteiger charge is -2.44. The Morgan fingerprint density at radius 1 is 0.500 bits per heavy atom. The van der Waals surface area contributed by atoms with Gasteiger partial charge in [0, 0.05) is 64.9 Å². The van der Waals surface area contributed by atoms with Gasteiger partial charge in [0.05, 0.1) is 34.2 Å². The Balaban J connectivity index is 1.45. The highest BCUT2D eigenvalue weighted by Gasteiger charge is 2.45. The van der Waals surface area contributed by atoms with E-state index in [1.54, 1.807) is 12.4 Å². The van der Waals surface area contributed by atoms with Crippen molar-refractivity contribution >= 4 is 11.1 Å². The molecular weight excluding hydrogens is 564 g/mol. The smallest absolute Gasteiger partial charge is 0.0712 e. The summed E-state index contributed by atoms with van der Waals surface area (Å²) in [5, 5.41) is 0. The molecule has 224 valence electrons. The molecule has 6 nitrogen and oxygen atoms in total. The summed E-state index contributed by atoms with van der Waals surface area (Å²) in [6.07, 6.45) is 10.8. The van der Waals surface area contributed by atoms with Gasteiger partial charge in [-0.05, 0) is 111 Å². The summed E-state index contributed by atoms with van der Waals surface area (Å²) in [5.41, 5.74) is 13.0. The molecule has 0 saturated heterocycles. The van der Waals surface area contributed by atoms with Gasteiger partial charge in [0.15, 0.2) is 0 Å². The summed E-state index contributed by atoms with van der Waals surface area (Å²) < 4.78 is 0. The van der Waals surface area contributed by atoms with Gasteiger partial charge in [0.25, 0.3) is 0 Å². The van der Waals surface area contributed by atoms with Gasteiger partial charge in [-0.25, -0.2) is 9.97 Å². The highest BCUT2D eigenvalue weighted by atomic mass is 14.8. The van der Waals surface area contributed by atoms with Crippen LogP contribution in [0.25, 0.3) is 44.9 Å². The van der Waals surface area contributed by atoms with Crippen molar-refractivity contribution in [3.8, 4) is 33.8 Å². The topological polar surface area (TPSA) is 77.3 Å². The minimum atomic E-state index is -0.462. The predicted octanol–water partition coefficient (Wildman–Crippen LogP) is 8.91. The van der Waals surface area contributed by atoms with E-state index >= 15 is 0 Å². The van der Waals surface area contributed by atoms with Crippen LogP contribution in [-0.4, -0.2) is 29.9 Å². The molecule has 46 heavy (non-hydrogen) atoms. The quantitative estimate of drug-likeness (QED) is 0.191. The van der Waals surface area contributed by atoms with Gasteiger partial charge in [-0.15, -0.1) is 0 Å². The molecule has 0 aliphatic heterocycles. The first-order valence-corrected chi connectivity index (χ1v) is 15.5. The van der Waals surface area contributed by atoms with Crippen molar-refractivity contribution in [3.63, 3.8) is 0 Å². The van der Waals surface area contributed by atoms with E-state index in [4.69, 9.17) is 15.0 Å². The summed E-state index contributed by atoms with van der Waals surface area (Å²) in [5.74, 6) is 0.0556. The highest BCUT2D eigenvalue weighted by Crippen LogP contribution is 2.53. The van der Waals surface area contributed by atoms with Crippen LogP contribution >= 0.6 is 0 Å². The zero-order chi connectivity index (χ0) is 31.7. The molecule has 6 heteroatoms. The Hall–Kier alpha value is -5.62. The first kappa shape index (κ1) is 29.1. The third-order valence-electron chi connectivity index (χ3n) is 9.47. The fraction of sp³-hybridized carbons (Fsp3) is 0.150. The van der Waals surface area contributed by atoms with E-state index < -0.39 is 5.41 Å². The van der Waals surface area contributed by atoms with Crippen molar-refractivity contribution in [2.45, 2.75) is 33.1 Å². The number of pyridine rings is 6. The zero-order valence-electron chi connectivity index (χ0n) is 26.4. The lowest BCUT2D eigenvalue weighted by molar-refractivity contribution is 0.430. The fourth-order valence-corrected chi connectivity index (χ4v) is 6.76. The van der Waals surface area contributed by atoms with Crippen LogP contribution in [0.1, 0.15) is 44.8 Å². The maximum Gasteiger partial charge on any atom is 0.0712 e. The number of allylic oxidation sites excluding steroid dienone is 4. The second-order valence-corrected chi connectivity index (χ2v) is 11.9. The van der Waals surface area contributed by atoms with Crippen molar-refractivity contribution in [3.05, 3.63) is 156 Å². The van der Waals surface area contributed by atoms with Crippen molar-refractivity contribution < 1.29 is 0 Å². The van der Waals surface area contributed by atoms with Crippen molar-refractivity contribution in [1.29, 1.82) is 0 Å². The van der Waals surface area contributed by atoms with Gasteiger partial charge >= 0.3 is 0 Å². The van der Waals surface area contributed by atoms with Crippen LogP contribution in [0.4, 0.5) is 0 Å². The molecule has 1 aliphatic carbocycles. The van der Waals surface area contributed by atoms with E-state index in [2.05, 4.69) is 97.2 Å². The summed E-state index contributed by atoms with van der Waals surface area (Å²) in [6.45, 7) is 9.08. The molecule has 7 rings (SSSR count). The third-order valence-corrected chi connectivity index (χ3v) is 9.47. The molecule has 0 saturated carbocycles. The van der Waals surface area contributed by atoms with E-state index in [9.17, 15) is 0 Å². The summed E-state index contributed by atoms with van der Waals surface area (Å²) in [7, 11) is 0. The van der Waals surface area contributed by atoms with Gasteiger partial charge < -0.3 is 0 Å². The number of hydrogen-bond donors (Lipinski definition) is 0. The van der Waals surface area contributed by atoms with Crippen molar-refractivity contribution in [2.75, 3.05) is 0 Å². The predicted molar refractivity (Wildman–Crippen MR) is 184 cm³/mol. The third kappa shape index (κ3) is 5.12. The van der Waals surface area contributed by atoms with Crippen LogP contribution < -0.4 is 0 Å². The molecule has 1 aliphatic rings. The van der Waals surface area contributed by atoms with E-state index in [0.717, 1.165) is 56.4 Å². The van der Waals surface area contributed by atoms with Crippen LogP contribution in [0.5, 0.6) is 0 Å². The van der Waals surface area contributed by atoms with E-state index in [0.29, 0.717) is 0 Å². The average Bonchev–Trinajstić information content (AvgIpc) is 3.12. The Morgan fingerprint density at radius 3 is 1.43 bits per heavy atom. The first-order valence-electron chi connectivity index (χ1n) is 15.5. The molecule has 0 radical (unpaired) electrons. The zero-order valence-corrected chi connectivity index (χ0v) is 26.4. The second kappa shape index (κ2) is 12.1. The average molecular weight is 599 g/mol. The molecule has 0 aromatic carbocycles. The van der Waals surface area contributed by atoms with Crippen LogP contribution in [0.2, 0.25) is 0 Å². The van der Waals surface area contributed by atoms with Crippen molar-refractivity contribution in [1.82, 2.24) is 29.9 Å². The summed E-state index contributed by atoms with van der Waals surface area (Å²) in [4.78, 5) is 28.4. The molecule has 0 spiro atoms. The normalized spacial score (nSPS) is 18.1. The molecule has 6 heterocycles. The summed E-state index contributed by atoms with van der Waals surface area (Å²) >= 11 is 0. The molecule has 6 aromatic heterocycles. The van der Waals surface area contributed by atoms with E-state index in [1.165, 1.54) is 16.7 Å². The Bertz CT molecular complexity index is 2090. The lowest BCUT2D eigenvalue weighted by atomic mass is 9.60. The second-order valence-electron chi connectivity index (χ2n) is 11.9. The standard InChI is InChI=1S/C40H34N6/c1-26-38(35-11-5-8-32(44-35)29-14-20-41-21-15-29)27(2)40(4,37-13-7-10-34(46-37)31-18-24-43-25-19-31)28(3)39(26)36-12-6-9-33(45-36)30-16-22-42-23-17-30/h5-25,27H,1-4H3. The molecule has 2 unspecified atom stereocenters. The number of rotatable bonds is 6. The van der Waals surface area contributed by atoms with E-state index in [1.807, 2.05) is 61.2 Å². The van der Waals surface area contributed by atoms with Gasteiger partial charge in [0.1, 0.15) is 0 Å². The maximum atomic E-state index is 5.31. The lowest BCUT2D eigenvalue weighted by Crippen LogP contribution is -2.37. The van der Waals surface area contributed by atoms with E-state index in [-0.39, 0.29) is 5.92 Å². The van der Waals surface area contributed by atoms with Crippen LogP contribution in [-0.2, 0) is 5.41 Å². The Morgan fingerprint density at radius 2 is 0.913 bits per heavy atom. The molecule has 0 N–H and O–H groups in total. The number of hydrogen-bond acceptors (Lipinski definition) is 6. The fourth-order valence-electron chi connectivity index (χ4n) is 6.76. The van der Waals surface area contributed by atoms with Gasteiger partial charge in [-0.3, -0.25) is 19.9 Å². The summed E-state index contributed by atoms with van der Waals surface area (Å²) in [6, 6.07) is 30.9. The Kier molecular flexibility index (Phi) is 7.63. The molecule has 2 atom stereocenters. The van der Waals surface area contributed by atoms with Crippen LogP contribution in [0.3, 0.4) is 0 Å². The molecule has 0 fully saturated rings. The monoisotopic (exact) mass is 598 g/mol. The largest absolute Gasteiger partial charge is 0.265 e. The minimum Gasteiger partial charge on any atom is -0.265 e. The van der Waals surface area contributed by atoms with Crippen LogP contribution in [0, 0.1) is 5.92 Å². The minimum absolute atomic E-state index is 0.0556. The number of aromatic nitrogens is 6. The molecule has 0 bridgehead atoms. The van der Waals surface area contributed by atoms with Gasteiger partial charge in [-0.2, -0.15) is 0 Å². The SMILES string of the molecule is CC1=C(c2cccc(-c3ccncc3)n2)C(C)C(C)(c2cccc(-c3ccncc3)n2)C(C)=C1c1cccc(-c2ccncc2)n1. The molecular formula is C40H34N6. The highest BCUT2D eigenvalue weighted by molar-refractivity contribution is 5.94. The van der Waals surface area contributed by atoms with Crippen molar-refractivity contribution in [2.24, 2.45) is 5.92 Å². The van der Waals surface area contributed by atoms with Gasteiger partial charge in [0.2, 0.25) is 0 Å². The molecule has 6 aromatic rings. The van der Waals surface area contributed by atoms with Gasteiger partial charge in [-0.1, -0.05) is 30.7 Å².